The van der Waals surface area contributed by atoms with Crippen LogP contribution in [-0.4, -0.2) is 42.8 Å². The molecule has 4 rings (SSSR count). The van der Waals surface area contributed by atoms with E-state index in [1.807, 2.05) is 43.0 Å². The van der Waals surface area contributed by atoms with Crippen molar-refractivity contribution in [2.24, 2.45) is 7.05 Å². The molecule has 27 heavy (non-hydrogen) atoms. The Labute approximate surface area is 156 Å². The molecule has 0 bridgehead atoms. The Balaban J connectivity index is 1.55. The number of nitrogens with one attached hydrogen (secondary N) is 1. The van der Waals surface area contributed by atoms with Crippen LogP contribution in [0.4, 0.5) is 10.5 Å². The highest BCUT2D eigenvalue weighted by Crippen LogP contribution is 2.32. The fourth-order valence-electron chi connectivity index (χ4n) is 3.34. The molecule has 9 nitrogen and oxygen atoms in total. The SMILES string of the molecule is Cc1cc([C@@H]2CCCN2C(=O)Nc2cc(-c3nnn(C)n3)ccc2C)no1. The number of nitrogens with zero attached hydrogens (tertiary/aromatic N) is 6. The van der Waals surface area contributed by atoms with Crippen molar-refractivity contribution < 1.29 is 9.32 Å². The number of hydrogen-bond donors (Lipinski definition) is 1. The second-order valence-electron chi connectivity index (χ2n) is 6.78. The number of aromatic nitrogens is 5. The highest BCUT2D eigenvalue weighted by Gasteiger charge is 2.32. The summed E-state index contributed by atoms with van der Waals surface area (Å²) in [5, 5.41) is 19.2. The van der Waals surface area contributed by atoms with E-state index in [1.54, 1.807) is 7.05 Å². The lowest BCUT2D eigenvalue weighted by Crippen LogP contribution is -2.34. The standard InChI is InChI=1S/C18H21N7O2/c1-11-6-7-13(17-20-23-24(3)21-17)10-14(11)19-18(26)25-8-4-5-16(25)15-9-12(2)27-22-15/h6-7,9-10,16H,4-5,8H2,1-3H3,(H,19,26)/t16-/m0/s1. The summed E-state index contributed by atoms with van der Waals surface area (Å²) in [7, 11) is 1.71. The van der Waals surface area contributed by atoms with Gasteiger partial charge in [-0.2, -0.15) is 4.80 Å². The van der Waals surface area contributed by atoms with E-state index in [0.717, 1.165) is 41.1 Å². The van der Waals surface area contributed by atoms with Gasteiger partial charge in [-0.3, -0.25) is 0 Å². The van der Waals surface area contributed by atoms with Crippen LogP contribution in [-0.2, 0) is 7.05 Å². The number of rotatable bonds is 3. The molecule has 0 saturated carbocycles. The first kappa shape index (κ1) is 17.2. The third kappa shape index (κ3) is 3.40. The molecular weight excluding hydrogens is 346 g/mol. The molecule has 1 aromatic carbocycles. The maximum atomic E-state index is 12.9. The van der Waals surface area contributed by atoms with E-state index in [1.165, 1.54) is 4.80 Å². The first-order chi connectivity index (χ1) is 13.0. The van der Waals surface area contributed by atoms with Crippen molar-refractivity contribution in [3.05, 3.63) is 41.3 Å². The van der Waals surface area contributed by atoms with Gasteiger partial charge in [-0.1, -0.05) is 17.3 Å². The third-order valence-corrected chi connectivity index (χ3v) is 4.75. The average molecular weight is 367 g/mol. The number of carbonyl (C=O) groups is 1. The summed E-state index contributed by atoms with van der Waals surface area (Å²) in [6.07, 6.45) is 1.81. The van der Waals surface area contributed by atoms with Crippen LogP contribution < -0.4 is 5.32 Å². The normalized spacial score (nSPS) is 16.7. The summed E-state index contributed by atoms with van der Waals surface area (Å²) >= 11 is 0. The van der Waals surface area contributed by atoms with Gasteiger partial charge in [-0.15, -0.1) is 10.2 Å². The van der Waals surface area contributed by atoms with Crippen molar-refractivity contribution in [1.29, 1.82) is 0 Å². The first-order valence-corrected chi connectivity index (χ1v) is 8.87. The predicted octanol–water partition coefficient (Wildman–Crippen LogP) is 2.85. The molecule has 1 atom stereocenters. The number of benzene rings is 1. The van der Waals surface area contributed by atoms with Gasteiger partial charge in [0, 0.05) is 23.9 Å². The smallest absolute Gasteiger partial charge is 0.322 e. The maximum Gasteiger partial charge on any atom is 0.322 e. The van der Waals surface area contributed by atoms with Gasteiger partial charge in [0.05, 0.1) is 13.1 Å². The Morgan fingerprint density at radius 1 is 1.30 bits per heavy atom. The summed E-state index contributed by atoms with van der Waals surface area (Å²) in [5.41, 5.74) is 3.29. The summed E-state index contributed by atoms with van der Waals surface area (Å²) in [4.78, 5) is 16.1. The molecule has 0 unspecified atom stereocenters. The van der Waals surface area contributed by atoms with Gasteiger partial charge < -0.3 is 14.7 Å². The topological polar surface area (TPSA) is 102 Å². The molecule has 0 spiro atoms. The minimum Gasteiger partial charge on any atom is -0.361 e. The fourth-order valence-corrected chi connectivity index (χ4v) is 3.34. The third-order valence-electron chi connectivity index (χ3n) is 4.75. The molecular formula is C18H21N7O2. The van der Waals surface area contributed by atoms with Crippen molar-refractivity contribution in [1.82, 2.24) is 30.3 Å². The molecule has 3 heterocycles. The van der Waals surface area contributed by atoms with Crippen molar-refractivity contribution >= 4 is 11.7 Å². The number of carbonyl (C=O) groups excluding carboxylic acids is 1. The van der Waals surface area contributed by atoms with Gasteiger partial charge in [0.25, 0.3) is 0 Å². The molecule has 2 aromatic heterocycles. The molecule has 9 heteroatoms. The molecule has 3 aromatic rings. The van der Waals surface area contributed by atoms with Gasteiger partial charge in [0.15, 0.2) is 0 Å². The minimum atomic E-state index is -0.148. The van der Waals surface area contributed by atoms with E-state index in [-0.39, 0.29) is 12.1 Å². The second-order valence-corrected chi connectivity index (χ2v) is 6.78. The van der Waals surface area contributed by atoms with E-state index < -0.39 is 0 Å². The van der Waals surface area contributed by atoms with Crippen molar-refractivity contribution in [2.45, 2.75) is 32.7 Å². The van der Waals surface area contributed by atoms with Gasteiger partial charge >= 0.3 is 6.03 Å². The van der Waals surface area contributed by atoms with E-state index in [9.17, 15) is 4.79 Å². The average Bonchev–Trinajstić information content (AvgIpc) is 3.37. The lowest BCUT2D eigenvalue weighted by molar-refractivity contribution is 0.204. The van der Waals surface area contributed by atoms with Crippen molar-refractivity contribution in [3.8, 4) is 11.4 Å². The van der Waals surface area contributed by atoms with Crippen LogP contribution in [0.3, 0.4) is 0 Å². The van der Waals surface area contributed by atoms with Gasteiger partial charge in [-0.25, -0.2) is 4.79 Å². The van der Waals surface area contributed by atoms with E-state index in [0.29, 0.717) is 12.4 Å². The van der Waals surface area contributed by atoms with Crippen molar-refractivity contribution in [2.75, 3.05) is 11.9 Å². The number of amides is 2. The zero-order chi connectivity index (χ0) is 19.0. The molecule has 2 amide bonds. The van der Waals surface area contributed by atoms with Crippen LogP contribution in [0, 0.1) is 13.8 Å². The van der Waals surface area contributed by atoms with Crippen LogP contribution >= 0.6 is 0 Å². The molecule has 1 fully saturated rings. The zero-order valence-electron chi connectivity index (χ0n) is 15.5. The Morgan fingerprint density at radius 3 is 2.85 bits per heavy atom. The van der Waals surface area contributed by atoms with Crippen LogP contribution in [0.1, 0.15) is 35.9 Å². The number of tetrazole rings is 1. The summed E-state index contributed by atoms with van der Waals surface area (Å²) in [6, 6.07) is 7.40. The van der Waals surface area contributed by atoms with E-state index in [2.05, 4.69) is 25.9 Å². The van der Waals surface area contributed by atoms with Gasteiger partial charge in [-0.05, 0) is 43.5 Å². The first-order valence-electron chi connectivity index (χ1n) is 8.87. The Kier molecular flexibility index (Phi) is 4.35. The Hall–Kier alpha value is -3.23. The van der Waals surface area contributed by atoms with Crippen molar-refractivity contribution in [3.63, 3.8) is 0 Å². The molecule has 1 saturated heterocycles. The highest BCUT2D eigenvalue weighted by atomic mass is 16.5. The van der Waals surface area contributed by atoms with Gasteiger partial charge in [0.1, 0.15) is 11.5 Å². The summed E-state index contributed by atoms with van der Waals surface area (Å²) in [6.45, 7) is 4.49. The molecule has 1 aliphatic heterocycles. The number of urea groups is 1. The van der Waals surface area contributed by atoms with E-state index >= 15 is 0 Å². The number of anilines is 1. The highest BCUT2D eigenvalue weighted by molar-refractivity contribution is 5.91. The number of likely N-dealkylation sites (tertiary alicyclic amines) is 1. The summed E-state index contributed by atoms with van der Waals surface area (Å²) in [5.74, 6) is 1.27. The maximum absolute atomic E-state index is 12.9. The molecule has 0 aliphatic carbocycles. The Morgan fingerprint density at radius 2 is 2.15 bits per heavy atom. The molecule has 0 radical (unpaired) electrons. The second kappa shape index (κ2) is 6.82. The van der Waals surface area contributed by atoms with Crippen LogP contribution in [0.2, 0.25) is 0 Å². The van der Waals surface area contributed by atoms with Crippen LogP contribution in [0.25, 0.3) is 11.4 Å². The molecule has 1 N–H and O–H groups in total. The van der Waals surface area contributed by atoms with E-state index in [4.69, 9.17) is 4.52 Å². The molecule has 140 valence electrons. The fraction of sp³-hybridized carbons (Fsp3) is 0.389. The minimum absolute atomic E-state index is 0.0624. The largest absolute Gasteiger partial charge is 0.361 e. The number of aryl methyl sites for hydroxylation is 3. The predicted molar refractivity (Wildman–Crippen MR) is 97.9 cm³/mol. The lowest BCUT2D eigenvalue weighted by atomic mass is 10.1. The molecule has 1 aliphatic rings. The lowest BCUT2D eigenvalue weighted by Gasteiger charge is -2.24. The Bertz CT molecular complexity index is 978. The number of hydrogen-bond acceptors (Lipinski definition) is 6. The van der Waals surface area contributed by atoms with Crippen LogP contribution in [0.5, 0.6) is 0 Å². The van der Waals surface area contributed by atoms with Crippen LogP contribution in [0.15, 0.2) is 28.8 Å². The zero-order valence-corrected chi connectivity index (χ0v) is 15.5. The van der Waals surface area contributed by atoms with Gasteiger partial charge in [0.2, 0.25) is 5.82 Å². The monoisotopic (exact) mass is 367 g/mol. The summed E-state index contributed by atoms with van der Waals surface area (Å²) < 4.78 is 5.18. The quantitative estimate of drug-likeness (QED) is 0.764.